The molecule has 0 bridgehead atoms. The number of rotatable bonds is 2. The van der Waals surface area contributed by atoms with E-state index >= 15 is 0 Å². The molecule has 0 amide bonds. The molecule has 0 unspecified atom stereocenters. The van der Waals surface area contributed by atoms with Crippen molar-refractivity contribution >= 4 is 11.2 Å². The van der Waals surface area contributed by atoms with Crippen molar-refractivity contribution in [3.8, 4) is 0 Å². The zero-order chi connectivity index (χ0) is 12.6. The molecule has 0 aliphatic carbocycles. The van der Waals surface area contributed by atoms with E-state index in [1.807, 2.05) is 20.8 Å². The molecule has 0 radical (unpaired) electrons. The van der Waals surface area contributed by atoms with Crippen LogP contribution in [0.25, 0.3) is 11.2 Å². The summed E-state index contributed by atoms with van der Waals surface area (Å²) < 4.78 is 0. The molecule has 7 heteroatoms. The third kappa shape index (κ3) is 2.62. The highest BCUT2D eigenvalue weighted by Gasteiger charge is 2.11. The predicted molar refractivity (Wildman–Crippen MR) is 63.9 cm³/mol. The fraction of sp³-hybridized carbons (Fsp3) is 0.500. The highest BCUT2D eigenvalue weighted by atomic mass is 16.2. The predicted octanol–water partition coefficient (Wildman–Crippen LogP) is -0.172. The SMILES string of the molecule is CC(C)(C)NCc1nc2[nH]c(=O)[nH]c(=O)c2[nH]1. The Morgan fingerprint density at radius 3 is 2.53 bits per heavy atom. The maximum absolute atomic E-state index is 11.4. The van der Waals surface area contributed by atoms with Gasteiger partial charge in [-0.15, -0.1) is 0 Å². The number of hydrogen-bond acceptors (Lipinski definition) is 4. The fourth-order valence-corrected chi connectivity index (χ4v) is 1.41. The van der Waals surface area contributed by atoms with E-state index in [9.17, 15) is 9.59 Å². The van der Waals surface area contributed by atoms with Crippen molar-refractivity contribution in [2.45, 2.75) is 32.9 Å². The van der Waals surface area contributed by atoms with Crippen LogP contribution >= 0.6 is 0 Å². The third-order valence-corrected chi connectivity index (χ3v) is 2.23. The molecule has 4 N–H and O–H groups in total. The zero-order valence-corrected chi connectivity index (χ0v) is 9.97. The average molecular weight is 237 g/mol. The Balaban J connectivity index is 2.36. The van der Waals surface area contributed by atoms with Crippen molar-refractivity contribution in [1.82, 2.24) is 25.3 Å². The average Bonchev–Trinajstić information content (AvgIpc) is 2.56. The van der Waals surface area contributed by atoms with Gasteiger partial charge in [-0.1, -0.05) is 0 Å². The molecule has 7 nitrogen and oxygen atoms in total. The molecule has 92 valence electrons. The van der Waals surface area contributed by atoms with Crippen LogP contribution in [0, 0.1) is 0 Å². The minimum Gasteiger partial charge on any atom is -0.335 e. The summed E-state index contributed by atoms with van der Waals surface area (Å²) in [4.78, 5) is 34.1. The Morgan fingerprint density at radius 1 is 1.18 bits per heavy atom. The van der Waals surface area contributed by atoms with Gasteiger partial charge < -0.3 is 10.3 Å². The number of nitrogens with one attached hydrogen (secondary N) is 4. The molecule has 2 heterocycles. The second-order valence-electron chi connectivity index (χ2n) is 4.92. The molecule has 0 fully saturated rings. The summed E-state index contributed by atoms with van der Waals surface area (Å²) in [7, 11) is 0. The van der Waals surface area contributed by atoms with Crippen molar-refractivity contribution in [2.24, 2.45) is 0 Å². The topological polar surface area (TPSA) is 106 Å². The van der Waals surface area contributed by atoms with Crippen molar-refractivity contribution < 1.29 is 0 Å². The van der Waals surface area contributed by atoms with Crippen LogP contribution in [-0.4, -0.2) is 25.5 Å². The molecular weight excluding hydrogens is 222 g/mol. The molecule has 0 aliphatic rings. The summed E-state index contributed by atoms with van der Waals surface area (Å²) in [6, 6.07) is 0. The number of imidazole rings is 1. The lowest BCUT2D eigenvalue weighted by molar-refractivity contribution is 0.419. The van der Waals surface area contributed by atoms with Crippen molar-refractivity contribution in [2.75, 3.05) is 0 Å². The molecule has 0 aromatic carbocycles. The maximum Gasteiger partial charge on any atom is 0.327 e. The summed E-state index contributed by atoms with van der Waals surface area (Å²) in [6.07, 6.45) is 0. The van der Waals surface area contributed by atoms with E-state index in [-0.39, 0.29) is 16.7 Å². The van der Waals surface area contributed by atoms with Gasteiger partial charge in [0.05, 0.1) is 6.54 Å². The summed E-state index contributed by atoms with van der Waals surface area (Å²) in [6.45, 7) is 6.60. The first-order valence-corrected chi connectivity index (χ1v) is 5.31. The second kappa shape index (κ2) is 3.85. The van der Waals surface area contributed by atoms with Crippen LogP contribution in [0.15, 0.2) is 9.59 Å². The lowest BCUT2D eigenvalue weighted by Gasteiger charge is -2.19. The normalized spacial score (nSPS) is 12.2. The quantitative estimate of drug-likeness (QED) is 0.581. The summed E-state index contributed by atoms with van der Waals surface area (Å²) in [5.74, 6) is 0.613. The van der Waals surface area contributed by atoms with Crippen LogP contribution in [0.3, 0.4) is 0 Å². The number of aromatic nitrogens is 4. The lowest BCUT2D eigenvalue weighted by atomic mass is 10.1. The molecule has 0 saturated heterocycles. The maximum atomic E-state index is 11.4. The van der Waals surface area contributed by atoms with Gasteiger partial charge in [0.2, 0.25) is 0 Å². The minimum atomic E-state index is -0.552. The van der Waals surface area contributed by atoms with Gasteiger partial charge in [-0.2, -0.15) is 0 Å². The second-order valence-corrected chi connectivity index (χ2v) is 4.92. The van der Waals surface area contributed by atoms with Gasteiger partial charge in [0.25, 0.3) is 5.56 Å². The Bertz CT molecular complexity index is 643. The van der Waals surface area contributed by atoms with Gasteiger partial charge in [-0.3, -0.25) is 14.8 Å². The number of nitrogens with zero attached hydrogens (tertiary/aromatic N) is 1. The van der Waals surface area contributed by atoms with Gasteiger partial charge in [-0.05, 0) is 20.8 Å². The Kier molecular flexibility index (Phi) is 2.62. The highest BCUT2D eigenvalue weighted by Crippen LogP contribution is 2.04. The molecule has 0 saturated carbocycles. The molecular formula is C10H15N5O2. The van der Waals surface area contributed by atoms with Crippen LogP contribution in [0.4, 0.5) is 0 Å². The molecule has 0 spiro atoms. The van der Waals surface area contributed by atoms with Gasteiger partial charge >= 0.3 is 5.69 Å². The summed E-state index contributed by atoms with van der Waals surface area (Å²) in [5, 5.41) is 3.24. The highest BCUT2D eigenvalue weighted by molar-refractivity contribution is 5.68. The summed E-state index contributed by atoms with van der Waals surface area (Å²) in [5.41, 5.74) is -0.485. The smallest absolute Gasteiger partial charge is 0.327 e. The van der Waals surface area contributed by atoms with Crippen molar-refractivity contribution in [1.29, 1.82) is 0 Å². The first-order valence-electron chi connectivity index (χ1n) is 5.31. The fourth-order valence-electron chi connectivity index (χ4n) is 1.41. The number of aromatic amines is 3. The largest absolute Gasteiger partial charge is 0.335 e. The van der Waals surface area contributed by atoms with Crippen LogP contribution in [0.5, 0.6) is 0 Å². The summed E-state index contributed by atoms with van der Waals surface area (Å²) >= 11 is 0. The molecule has 2 rings (SSSR count). The zero-order valence-electron chi connectivity index (χ0n) is 9.97. The first-order chi connectivity index (χ1) is 7.85. The van der Waals surface area contributed by atoms with Crippen LogP contribution < -0.4 is 16.6 Å². The Labute approximate surface area is 96.7 Å². The van der Waals surface area contributed by atoms with E-state index in [0.29, 0.717) is 12.4 Å². The lowest BCUT2D eigenvalue weighted by Crippen LogP contribution is -2.35. The number of fused-ring (bicyclic) bond motifs is 1. The van der Waals surface area contributed by atoms with Crippen LogP contribution in [-0.2, 0) is 6.54 Å². The van der Waals surface area contributed by atoms with E-state index in [4.69, 9.17) is 0 Å². The molecule has 0 atom stereocenters. The van der Waals surface area contributed by atoms with Gasteiger partial charge in [0.1, 0.15) is 11.3 Å². The van der Waals surface area contributed by atoms with Crippen LogP contribution in [0.1, 0.15) is 26.6 Å². The van der Waals surface area contributed by atoms with E-state index in [0.717, 1.165) is 0 Å². The van der Waals surface area contributed by atoms with E-state index < -0.39 is 11.2 Å². The number of H-pyrrole nitrogens is 3. The van der Waals surface area contributed by atoms with Crippen LogP contribution in [0.2, 0.25) is 0 Å². The molecule has 0 aliphatic heterocycles. The molecule has 2 aromatic heterocycles. The Morgan fingerprint density at radius 2 is 1.88 bits per heavy atom. The Hall–Kier alpha value is -1.89. The molecule has 2 aromatic rings. The minimum absolute atomic E-state index is 0.0429. The third-order valence-electron chi connectivity index (χ3n) is 2.23. The standard InChI is InChI=1S/C10H15N5O2/c1-10(2,3)11-4-5-12-6-7(13-5)14-9(17)15-8(6)16/h11H,4H2,1-3H3,(H3,12,13,14,15,16,17). The van der Waals surface area contributed by atoms with Gasteiger partial charge in [-0.25, -0.2) is 9.78 Å². The first kappa shape index (κ1) is 11.6. The van der Waals surface area contributed by atoms with Crippen molar-refractivity contribution in [3.63, 3.8) is 0 Å². The molecule has 17 heavy (non-hydrogen) atoms. The van der Waals surface area contributed by atoms with E-state index in [1.165, 1.54) is 0 Å². The van der Waals surface area contributed by atoms with Gasteiger partial charge in [0.15, 0.2) is 5.65 Å². The van der Waals surface area contributed by atoms with Gasteiger partial charge in [0, 0.05) is 5.54 Å². The number of hydrogen-bond donors (Lipinski definition) is 4. The van der Waals surface area contributed by atoms with Crippen molar-refractivity contribution in [3.05, 3.63) is 26.7 Å². The monoisotopic (exact) mass is 237 g/mol. The van der Waals surface area contributed by atoms with E-state index in [1.54, 1.807) is 0 Å². The van der Waals surface area contributed by atoms with E-state index in [2.05, 4.69) is 25.3 Å².